The summed E-state index contributed by atoms with van der Waals surface area (Å²) in [5.41, 5.74) is 7.75. The third kappa shape index (κ3) is 4.78. The average molecular weight is 340 g/mol. The van der Waals surface area contributed by atoms with Crippen molar-refractivity contribution in [3.63, 3.8) is 0 Å². The molecule has 0 amide bonds. The molecule has 1 aromatic carbocycles. The molecule has 0 radical (unpaired) electrons. The second kappa shape index (κ2) is 8.09. The first-order valence-electron chi connectivity index (χ1n) is 8.56. The van der Waals surface area contributed by atoms with Crippen LogP contribution in [0.25, 0.3) is 0 Å². The van der Waals surface area contributed by atoms with Gasteiger partial charge in [0, 0.05) is 38.9 Å². The molecule has 1 aliphatic rings. The number of nitrogens with zero attached hydrogens (tertiary/aromatic N) is 3. The number of hydrogen-bond donors (Lipinski definition) is 2. The molecule has 0 bridgehead atoms. The number of pyridine rings is 1. The fourth-order valence-corrected chi connectivity index (χ4v) is 3.04. The molecule has 3 N–H and O–H groups in total. The Morgan fingerprint density at radius 1 is 1.08 bits per heavy atom. The lowest BCUT2D eigenvalue weighted by molar-refractivity contribution is -0.138. The van der Waals surface area contributed by atoms with Gasteiger partial charge in [0.15, 0.2) is 0 Å². The van der Waals surface area contributed by atoms with Gasteiger partial charge in [0.25, 0.3) is 0 Å². The second-order valence-electron chi connectivity index (χ2n) is 6.42. The minimum absolute atomic E-state index is 0.299. The molecule has 1 saturated heterocycles. The van der Waals surface area contributed by atoms with Crippen LogP contribution in [-0.2, 0) is 17.8 Å². The van der Waals surface area contributed by atoms with Crippen molar-refractivity contribution in [2.45, 2.75) is 19.0 Å². The number of nitrogens with two attached hydrogens (primary N) is 1. The Kier molecular flexibility index (Phi) is 5.63. The van der Waals surface area contributed by atoms with Crippen molar-refractivity contribution in [2.24, 2.45) is 5.73 Å². The molecule has 6 nitrogen and oxygen atoms in total. The number of aliphatic carboxylic acids is 1. The van der Waals surface area contributed by atoms with Gasteiger partial charge in [0.1, 0.15) is 11.9 Å². The quantitative estimate of drug-likeness (QED) is 0.826. The number of carboxylic acid groups (broad SMARTS) is 1. The van der Waals surface area contributed by atoms with Gasteiger partial charge < -0.3 is 15.7 Å². The zero-order chi connectivity index (χ0) is 17.6. The van der Waals surface area contributed by atoms with E-state index in [9.17, 15) is 4.79 Å². The van der Waals surface area contributed by atoms with Crippen molar-refractivity contribution < 1.29 is 9.90 Å². The third-order valence-corrected chi connectivity index (χ3v) is 4.53. The van der Waals surface area contributed by atoms with E-state index in [2.05, 4.69) is 39.0 Å². The van der Waals surface area contributed by atoms with Crippen molar-refractivity contribution in [1.29, 1.82) is 0 Å². The average Bonchev–Trinajstić information content (AvgIpc) is 2.64. The summed E-state index contributed by atoms with van der Waals surface area (Å²) in [6.07, 6.45) is 2.03. The highest BCUT2D eigenvalue weighted by molar-refractivity contribution is 5.73. The molecule has 0 saturated carbocycles. The molecule has 25 heavy (non-hydrogen) atoms. The van der Waals surface area contributed by atoms with E-state index in [0.29, 0.717) is 6.42 Å². The molecule has 6 heteroatoms. The number of piperazine rings is 1. The maximum Gasteiger partial charge on any atom is 0.320 e. The smallest absolute Gasteiger partial charge is 0.320 e. The molecule has 1 aromatic heterocycles. The number of benzene rings is 1. The molecular weight excluding hydrogens is 316 g/mol. The Balaban J connectivity index is 1.51. The van der Waals surface area contributed by atoms with Crippen molar-refractivity contribution in [2.75, 3.05) is 31.1 Å². The molecule has 1 atom stereocenters. The molecular formula is C19H24N4O2. The summed E-state index contributed by atoms with van der Waals surface area (Å²) < 4.78 is 0. The van der Waals surface area contributed by atoms with Crippen LogP contribution in [0.15, 0.2) is 48.7 Å². The molecule has 1 aliphatic heterocycles. The SMILES string of the molecule is NC(Cc1ccc(N2CCN(Cc3ccccc3)CC2)nc1)C(=O)O. The predicted octanol–water partition coefficient (Wildman–Crippen LogP) is 1.36. The Hall–Kier alpha value is -2.44. The minimum Gasteiger partial charge on any atom is -0.480 e. The van der Waals surface area contributed by atoms with Gasteiger partial charge in [-0.15, -0.1) is 0 Å². The topological polar surface area (TPSA) is 82.7 Å². The molecule has 2 aromatic rings. The first-order chi connectivity index (χ1) is 12.1. The van der Waals surface area contributed by atoms with Crippen LogP contribution >= 0.6 is 0 Å². The highest BCUT2D eigenvalue weighted by Gasteiger charge is 2.18. The Bertz CT molecular complexity index is 682. The van der Waals surface area contributed by atoms with Crippen LogP contribution in [0.2, 0.25) is 0 Å². The molecule has 0 spiro atoms. The third-order valence-electron chi connectivity index (χ3n) is 4.53. The first kappa shape index (κ1) is 17.4. The van der Waals surface area contributed by atoms with Gasteiger partial charge in [-0.05, 0) is 23.6 Å². The van der Waals surface area contributed by atoms with E-state index < -0.39 is 12.0 Å². The summed E-state index contributed by atoms with van der Waals surface area (Å²) in [7, 11) is 0. The van der Waals surface area contributed by atoms with Crippen LogP contribution in [0.5, 0.6) is 0 Å². The number of hydrogen-bond acceptors (Lipinski definition) is 5. The standard InChI is InChI=1S/C19H24N4O2/c20-17(19(24)25)12-16-6-7-18(21-13-16)23-10-8-22(9-11-23)14-15-4-2-1-3-5-15/h1-7,13,17H,8-12,14,20H2,(H,24,25). The van der Waals surface area contributed by atoms with Gasteiger partial charge in [-0.2, -0.15) is 0 Å². The summed E-state index contributed by atoms with van der Waals surface area (Å²) in [6, 6.07) is 13.5. The largest absolute Gasteiger partial charge is 0.480 e. The predicted molar refractivity (Wildman–Crippen MR) is 97.5 cm³/mol. The summed E-state index contributed by atoms with van der Waals surface area (Å²) in [5.74, 6) is -0.0503. The number of carbonyl (C=O) groups is 1. The fourth-order valence-electron chi connectivity index (χ4n) is 3.04. The van der Waals surface area contributed by atoms with Gasteiger partial charge in [0.05, 0.1) is 0 Å². The lowest BCUT2D eigenvalue weighted by atomic mass is 10.1. The Labute approximate surface area is 147 Å². The molecule has 0 aliphatic carbocycles. The van der Waals surface area contributed by atoms with E-state index in [4.69, 9.17) is 10.8 Å². The minimum atomic E-state index is -0.987. The summed E-state index contributed by atoms with van der Waals surface area (Å²) in [6.45, 7) is 4.86. The summed E-state index contributed by atoms with van der Waals surface area (Å²) >= 11 is 0. The van der Waals surface area contributed by atoms with Crippen LogP contribution in [0, 0.1) is 0 Å². The van der Waals surface area contributed by atoms with Crippen LogP contribution in [-0.4, -0.2) is 53.2 Å². The van der Waals surface area contributed by atoms with Gasteiger partial charge in [0.2, 0.25) is 0 Å². The highest BCUT2D eigenvalue weighted by atomic mass is 16.4. The van der Waals surface area contributed by atoms with Crippen LogP contribution < -0.4 is 10.6 Å². The Morgan fingerprint density at radius 2 is 1.80 bits per heavy atom. The van der Waals surface area contributed by atoms with E-state index in [0.717, 1.165) is 44.1 Å². The lowest BCUT2D eigenvalue weighted by Crippen LogP contribution is -2.46. The lowest BCUT2D eigenvalue weighted by Gasteiger charge is -2.35. The zero-order valence-corrected chi connectivity index (χ0v) is 14.2. The molecule has 1 unspecified atom stereocenters. The highest BCUT2D eigenvalue weighted by Crippen LogP contribution is 2.16. The van der Waals surface area contributed by atoms with E-state index in [1.165, 1.54) is 5.56 Å². The number of aromatic nitrogens is 1. The van der Waals surface area contributed by atoms with E-state index >= 15 is 0 Å². The van der Waals surface area contributed by atoms with Gasteiger partial charge in [-0.1, -0.05) is 36.4 Å². The van der Waals surface area contributed by atoms with E-state index in [1.54, 1.807) is 6.20 Å². The molecule has 1 fully saturated rings. The number of carboxylic acids is 1. The Morgan fingerprint density at radius 3 is 2.40 bits per heavy atom. The molecule has 132 valence electrons. The van der Waals surface area contributed by atoms with Gasteiger partial charge in [-0.25, -0.2) is 4.98 Å². The van der Waals surface area contributed by atoms with Crippen LogP contribution in [0.1, 0.15) is 11.1 Å². The first-order valence-corrected chi connectivity index (χ1v) is 8.56. The molecule has 3 rings (SSSR count). The fraction of sp³-hybridized carbons (Fsp3) is 0.368. The zero-order valence-electron chi connectivity index (χ0n) is 14.2. The van der Waals surface area contributed by atoms with Crippen LogP contribution in [0.4, 0.5) is 5.82 Å². The maximum atomic E-state index is 10.8. The number of anilines is 1. The second-order valence-corrected chi connectivity index (χ2v) is 6.42. The van der Waals surface area contributed by atoms with Crippen molar-refractivity contribution in [3.05, 3.63) is 59.8 Å². The van der Waals surface area contributed by atoms with Crippen molar-refractivity contribution in [1.82, 2.24) is 9.88 Å². The van der Waals surface area contributed by atoms with Gasteiger partial charge >= 0.3 is 5.97 Å². The summed E-state index contributed by atoms with van der Waals surface area (Å²) in [4.78, 5) is 20.0. The summed E-state index contributed by atoms with van der Waals surface area (Å²) in [5, 5.41) is 8.87. The van der Waals surface area contributed by atoms with Gasteiger partial charge in [-0.3, -0.25) is 9.69 Å². The van der Waals surface area contributed by atoms with E-state index in [-0.39, 0.29) is 0 Å². The van der Waals surface area contributed by atoms with Crippen molar-refractivity contribution >= 4 is 11.8 Å². The van der Waals surface area contributed by atoms with Crippen LogP contribution in [0.3, 0.4) is 0 Å². The molecule has 2 heterocycles. The normalized spacial score (nSPS) is 16.6. The monoisotopic (exact) mass is 340 g/mol. The maximum absolute atomic E-state index is 10.8. The number of rotatable bonds is 6. The van der Waals surface area contributed by atoms with Crippen molar-refractivity contribution in [3.8, 4) is 0 Å². The van der Waals surface area contributed by atoms with E-state index in [1.807, 2.05) is 18.2 Å².